The van der Waals surface area contributed by atoms with Crippen LogP contribution in [-0.4, -0.2) is 60.0 Å². The maximum Gasteiger partial charge on any atom is 0.354 e. The second-order valence-electron chi connectivity index (χ2n) is 7.94. The molecule has 1 atom stereocenters. The van der Waals surface area contributed by atoms with Crippen molar-refractivity contribution in [2.75, 3.05) is 26.9 Å². The fourth-order valence-electron chi connectivity index (χ4n) is 3.89. The Morgan fingerprint density at radius 2 is 1.72 bits per heavy atom. The molecule has 0 aliphatic carbocycles. The normalized spacial score (nSPS) is 11.8. The zero-order chi connectivity index (χ0) is 24.0. The van der Waals surface area contributed by atoms with E-state index in [-0.39, 0.29) is 11.7 Å². The largest absolute Gasteiger partial charge is 0.464 e. The van der Waals surface area contributed by atoms with Crippen LogP contribution in [0.5, 0.6) is 0 Å². The van der Waals surface area contributed by atoms with Crippen LogP contribution in [0.4, 0.5) is 0 Å². The Bertz CT molecular complexity index is 975. The number of ketones is 1. The van der Waals surface area contributed by atoms with Gasteiger partial charge in [-0.1, -0.05) is 17.7 Å². The first-order valence-electron chi connectivity index (χ1n) is 10.9. The van der Waals surface area contributed by atoms with E-state index in [1.54, 1.807) is 49.4 Å². The molecule has 174 valence electrons. The summed E-state index contributed by atoms with van der Waals surface area (Å²) < 4.78 is 12.0. The number of nitrogens with zero attached hydrogens (tertiary/aromatic N) is 2. The van der Waals surface area contributed by atoms with Crippen molar-refractivity contribution in [1.29, 1.82) is 0 Å². The van der Waals surface area contributed by atoms with Gasteiger partial charge in [-0.15, -0.1) is 0 Å². The minimum atomic E-state index is -0.712. The van der Waals surface area contributed by atoms with Gasteiger partial charge < -0.3 is 18.9 Å². The Balaban J connectivity index is 2.41. The average Bonchev–Trinajstić information content (AvgIpc) is 3.00. The fraction of sp³-hybridized carbons (Fsp3) is 0.480. The number of Topliss-reactive ketones (excluding diaryl/α,β-unsaturated/α-hetero) is 1. The molecule has 2 aromatic rings. The van der Waals surface area contributed by atoms with E-state index in [2.05, 4.69) is 0 Å². The van der Waals surface area contributed by atoms with Crippen molar-refractivity contribution >= 4 is 17.7 Å². The van der Waals surface area contributed by atoms with Gasteiger partial charge in [0, 0.05) is 43.6 Å². The van der Waals surface area contributed by atoms with Crippen LogP contribution in [0.1, 0.15) is 68.3 Å². The number of methoxy groups -OCH3 is 1. The number of amides is 1. The smallest absolute Gasteiger partial charge is 0.354 e. The van der Waals surface area contributed by atoms with E-state index in [1.807, 2.05) is 26.0 Å². The zero-order valence-corrected chi connectivity index (χ0v) is 20.2. The number of aryl methyl sites for hydroxylation is 1. The molecule has 0 fully saturated rings. The van der Waals surface area contributed by atoms with Crippen LogP contribution in [0.2, 0.25) is 0 Å². The van der Waals surface area contributed by atoms with Crippen LogP contribution < -0.4 is 0 Å². The van der Waals surface area contributed by atoms with E-state index in [0.717, 1.165) is 5.56 Å². The molecular formula is C25H34N2O5. The van der Waals surface area contributed by atoms with E-state index in [9.17, 15) is 14.4 Å². The van der Waals surface area contributed by atoms with Gasteiger partial charge in [0.15, 0.2) is 5.78 Å². The fourth-order valence-corrected chi connectivity index (χ4v) is 3.89. The Morgan fingerprint density at radius 3 is 2.28 bits per heavy atom. The highest BCUT2D eigenvalue weighted by molar-refractivity contribution is 6.07. The predicted octanol–water partition coefficient (Wildman–Crippen LogP) is 3.88. The number of carbonyl (C=O) groups is 3. The minimum Gasteiger partial charge on any atom is -0.464 e. The Labute approximate surface area is 190 Å². The molecule has 0 aliphatic rings. The molecule has 2 rings (SSSR count). The van der Waals surface area contributed by atoms with Crippen LogP contribution in [-0.2, 0) is 16.5 Å². The van der Waals surface area contributed by atoms with Crippen molar-refractivity contribution in [3.05, 3.63) is 57.9 Å². The minimum absolute atomic E-state index is 0.206. The number of aromatic nitrogens is 1. The van der Waals surface area contributed by atoms with Gasteiger partial charge in [-0.3, -0.25) is 9.59 Å². The molecular weight excluding hydrogens is 408 g/mol. The predicted molar refractivity (Wildman–Crippen MR) is 123 cm³/mol. The summed E-state index contributed by atoms with van der Waals surface area (Å²) in [5, 5.41) is 0. The number of benzene rings is 1. The number of rotatable bonds is 10. The van der Waals surface area contributed by atoms with Gasteiger partial charge in [-0.05, 0) is 58.7 Å². The van der Waals surface area contributed by atoms with Gasteiger partial charge in [-0.2, -0.15) is 0 Å². The van der Waals surface area contributed by atoms with E-state index in [1.165, 1.54) is 7.11 Å². The number of hydrogen-bond donors (Lipinski definition) is 0. The molecule has 7 nitrogen and oxygen atoms in total. The van der Waals surface area contributed by atoms with Crippen LogP contribution in [0, 0.1) is 20.8 Å². The summed E-state index contributed by atoms with van der Waals surface area (Å²) >= 11 is 0. The highest BCUT2D eigenvalue weighted by Gasteiger charge is 2.32. The highest BCUT2D eigenvalue weighted by atomic mass is 16.5. The molecule has 0 aliphatic heterocycles. The second kappa shape index (κ2) is 11.1. The van der Waals surface area contributed by atoms with Gasteiger partial charge in [0.1, 0.15) is 5.69 Å². The van der Waals surface area contributed by atoms with Crippen molar-refractivity contribution in [1.82, 2.24) is 9.47 Å². The van der Waals surface area contributed by atoms with Gasteiger partial charge in [0.05, 0.1) is 13.2 Å². The lowest BCUT2D eigenvalue weighted by Crippen LogP contribution is -2.44. The molecule has 1 heterocycles. The molecule has 1 unspecified atom stereocenters. The summed E-state index contributed by atoms with van der Waals surface area (Å²) in [6.07, 6.45) is 0.614. The van der Waals surface area contributed by atoms with Crippen molar-refractivity contribution in [2.45, 2.75) is 47.1 Å². The van der Waals surface area contributed by atoms with Crippen molar-refractivity contribution < 1.29 is 23.9 Å². The summed E-state index contributed by atoms with van der Waals surface area (Å²) in [7, 11) is 3.04. The van der Waals surface area contributed by atoms with E-state index < -0.39 is 12.0 Å². The molecule has 0 saturated carbocycles. The number of hydrogen-bond acceptors (Lipinski definition) is 5. The molecule has 0 bridgehead atoms. The lowest BCUT2D eigenvalue weighted by molar-refractivity contribution is 0.0585. The molecule has 0 N–H and O–H groups in total. The Kier molecular flexibility index (Phi) is 8.78. The maximum atomic E-state index is 13.6. The third-order valence-electron chi connectivity index (χ3n) is 5.85. The van der Waals surface area contributed by atoms with Crippen LogP contribution >= 0.6 is 0 Å². The third kappa shape index (κ3) is 5.27. The van der Waals surface area contributed by atoms with Crippen LogP contribution in [0.15, 0.2) is 24.3 Å². The van der Waals surface area contributed by atoms with Crippen LogP contribution in [0.3, 0.4) is 0 Å². The van der Waals surface area contributed by atoms with Gasteiger partial charge >= 0.3 is 5.97 Å². The summed E-state index contributed by atoms with van der Waals surface area (Å²) in [6.45, 7) is 10.6. The Hall–Kier alpha value is -2.93. The van der Waals surface area contributed by atoms with E-state index >= 15 is 0 Å². The summed E-state index contributed by atoms with van der Waals surface area (Å²) in [5.74, 6) is -0.909. The number of esters is 1. The summed E-state index contributed by atoms with van der Waals surface area (Å²) in [6, 6.07) is 6.60. The molecule has 0 radical (unpaired) electrons. The summed E-state index contributed by atoms with van der Waals surface area (Å²) in [5.41, 5.74) is 3.60. The lowest BCUT2D eigenvalue weighted by Gasteiger charge is -2.29. The topological polar surface area (TPSA) is 77.8 Å². The van der Waals surface area contributed by atoms with Crippen LogP contribution in [0.25, 0.3) is 0 Å². The average molecular weight is 443 g/mol. The van der Waals surface area contributed by atoms with Crippen molar-refractivity contribution in [3.8, 4) is 0 Å². The molecule has 0 spiro atoms. The lowest BCUT2D eigenvalue weighted by atomic mass is 9.99. The first kappa shape index (κ1) is 25.3. The number of carbonyl (C=O) groups excluding carboxylic acids is 3. The molecule has 1 aromatic heterocycles. The third-order valence-corrected chi connectivity index (χ3v) is 5.85. The second-order valence-corrected chi connectivity index (χ2v) is 7.94. The van der Waals surface area contributed by atoms with Gasteiger partial charge in [-0.25, -0.2) is 4.79 Å². The van der Waals surface area contributed by atoms with E-state index in [4.69, 9.17) is 9.47 Å². The molecule has 1 amide bonds. The quantitative estimate of drug-likeness (QED) is 0.317. The number of ether oxygens (including phenoxy) is 2. The monoisotopic (exact) mass is 442 g/mol. The van der Waals surface area contributed by atoms with Crippen molar-refractivity contribution in [3.63, 3.8) is 0 Å². The Morgan fingerprint density at radius 1 is 1.09 bits per heavy atom. The van der Waals surface area contributed by atoms with Gasteiger partial charge in [0.2, 0.25) is 0 Å². The molecule has 32 heavy (non-hydrogen) atoms. The molecule has 7 heteroatoms. The highest BCUT2D eigenvalue weighted by Crippen LogP contribution is 2.25. The van der Waals surface area contributed by atoms with E-state index in [0.29, 0.717) is 54.3 Å². The summed E-state index contributed by atoms with van der Waals surface area (Å²) in [4.78, 5) is 40.8. The maximum absolute atomic E-state index is 13.6. The standard InChI is InChI=1S/C25H34N2O5/c1-8-32-15-9-14-27(24(29)20-12-10-16(2)11-13-20)19(5)23(28)21-17(3)22(25(30)31-7)26(6)18(21)4/h10-13,19H,8-9,14-15H2,1-7H3. The molecule has 1 aromatic carbocycles. The zero-order valence-electron chi connectivity index (χ0n) is 20.2. The van der Waals surface area contributed by atoms with Crippen molar-refractivity contribution in [2.24, 2.45) is 7.05 Å². The first-order valence-corrected chi connectivity index (χ1v) is 10.9. The SMILES string of the molecule is CCOCCCN(C(=O)c1ccc(C)cc1)C(C)C(=O)c1c(C)c(C(=O)OC)n(C)c1C. The van der Waals surface area contributed by atoms with Gasteiger partial charge in [0.25, 0.3) is 5.91 Å². The first-order chi connectivity index (χ1) is 15.1. The molecule has 0 saturated heterocycles.